The maximum atomic E-state index is 11.9. The quantitative estimate of drug-likeness (QED) is 0.194. The van der Waals surface area contributed by atoms with Crippen molar-refractivity contribution in [2.45, 2.75) is 39.0 Å². The topological polar surface area (TPSA) is 67.6 Å². The Morgan fingerprint density at radius 2 is 1.96 bits per heavy atom. The third kappa shape index (κ3) is 5.13. The first-order valence-electron chi connectivity index (χ1n) is 9.19. The summed E-state index contributed by atoms with van der Waals surface area (Å²) in [6.07, 6.45) is 3.27. The van der Waals surface area contributed by atoms with Crippen molar-refractivity contribution in [1.82, 2.24) is 0 Å². The second-order valence-corrected chi connectivity index (χ2v) is 6.76. The Kier molecular flexibility index (Phi) is 6.71. The SMILES string of the molecule is CC(=O)[N+](OS)=C(CCCc1ccccc1)Oc1ccc2c(c1)NC(=O)CC2. The Hall–Kier alpha value is -2.80. The van der Waals surface area contributed by atoms with Crippen LogP contribution in [0.25, 0.3) is 0 Å². The molecule has 0 saturated carbocycles. The first-order chi connectivity index (χ1) is 13.6. The van der Waals surface area contributed by atoms with Crippen molar-refractivity contribution in [1.29, 1.82) is 0 Å². The predicted octanol–water partition coefficient (Wildman–Crippen LogP) is 3.71. The van der Waals surface area contributed by atoms with Crippen LogP contribution in [0.5, 0.6) is 5.75 Å². The van der Waals surface area contributed by atoms with Crippen LogP contribution in [0.15, 0.2) is 48.5 Å². The van der Waals surface area contributed by atoms with Gasteiger partial charge in [-0.05, 0) is 36.5 Å². The molecule has 0 bridgehead atoms. The van der Waals surface area contributed by atoms with Crippen molar-refractivity contribution in [3.8, 4) is 5.75 Å². The summed E-state index contributed by atoms with van der Waals surface area (Å²) < 4.78 is 11.9. The standard InChI is InChI=1S/C21H22N2O4S/c1-15(24)23(27-28)21(9-5-8-16-6-3-2-4-7-16)26-18-12-10-17-11-13-20(25)22-19(17)14-18/h2-4,6-7,10,12,14H,5,8-9,11,13H2,1H3,(H-,22,25,28)/p+1. The van der Waals surface area contributed by atoms with E-state index in [1.807, 2.05) is 30.3 Å². The molecule has 3 rings (SSSR count). The second kappa shape index (κ2) is 9.41. The van der Waals surface area contributed by atoms with Crippen molar-refractivity contribution in [2.75, 3.05) is 5.32 Å². The van der Waals surface area contributed by atoms with Gasteiger partial charge < -0.3 is 10.1 Å². The third-order valence-corrected chi connectivity index (χ3v) is 4.67. The van der Waals surface area contributed by atoms with Gasteiger partial charge in [0, 0.05) is 18.2 Å². The molecule has 6 nitrogen and oxygen atoms in total. The number of hydrogen-bond donors (Lipinski definition) is 2. The van der Waals surface area contributed by atoms with E-state index in [9.17, 15) is 9.59 Å². The van der Waals surface area contributed by atoms with Crippen molar-refractivity contribution < 1.29 is 23.3 Å². The zero-order valence-electron chi connectivity index (χ0n) is 15.7. The lowest BCUT2D eigenvalue weighted by molar-refractivity contribution is -0.672. The number of aryl methyl sites for hydroxylation is 2. The number of thiol groups is 1. The molecule has 0 radical (unpaired) electrons. The number of nitrogens with one attached hydrogen (secondary N) is 1. The zero-order valence-corrected chi connectivity index (χ0v) is 16.6. The number of hydrogen-bond acceptors (Lipinski definition) is 5. The van der Waals surface area contributed by atoms with Gasteiger partial charge in [-0.3, -0.25) is 4.79 Å². The maximum absolute atomic E-state index is 11.9. The first kappa shape index (κ1) is 19.9. The highest BCUT2D eigenvalue weighted by Crippen LogP contribution is 2.27. The zero-order chi connectivity index (χ0) is 19.9. The fourth-order valence-electron chi connectivity index (χ4n) is 3.11. The molecule has 0 atom stereocenters. The van der Waals surface area contributed by atoms with E-state index in [1.165, 1.54) is 12.5 Å². The highest BCUT2D eigenvalue weighted by molar-refractivity contribution is 7.74. The number of rotatable bonds is 6. The Bertz CT molecular complexity index is 897. The molecule has 1 N–H and O–H groups in total. The van der Waals surface area contributed by atoms with E-state index in [4.69, 9.17) is 9.02 Å². The molecule has 0 spiro atoms. The van der Waals surface area contributed by atoms with Gasteiger partial charge in [0.05, 0.1) is 13.3 Å². The average Bonchev–Trinajstić information content (AvgIpc) is 2.68. The molecule has 0 unspecified atom stereocenters. The lowest BCUT2D eigenvalue weighted by Gasteiger charge is -2.17. The molecule has 1 heterocycles. The van der Waals surface area contributed by atoms with Gasteiger partial charge in [0.2, 0.25) is 5.91 Å². The minimum atomic E-state index is -0.337. The number of amides is 2. The largest absolute Gasteiger partial charge is 0.436 e. The summed E-state index contributed by atoms with van der Waals surface area (Å²) in [4.78, 5) is 23.5. The van der Waals surface area contributed by atoms with Gasteiger partial charge in [0.1, 0.15) is 23.4 Å². The lowest BCUT2D eigenvalue weighted by atomic mass is 10.0. The summed E-state index contributed by atoms with van der Waals surface area (Å²) in [5.74, 6) is 0.518. The number of hydroxylamine groups is 1. The highest BCUT2D eigenvalue weighted by atomic mass is 32.1. The molecule has 0 saturated heterocycles. The number of fused-ring (bicyclic) bond motifs is 1. The predicted molar refractivity (Wildman–Crippen MR) is 109 cm³/mol. The Morgan fingerprint density at radius 1 is 1.18 bits per heavy atom. The average molecular weight is 399 g/mol. The van der Waals surface area contributed by atoms with E-state index in [1.54, 1.807) is 6.07 Å². The molecule has 2 amide bonds. The third-order valence-electron chi connectivity index (χ3n) is 4.51. The number of nitrogens with zero attached hydrogens (tertiary/aromatic N) is 1. The van der Waals surface area contributed by atoms with Gasteiger partial charge in [0.25, 0.3) is 0 Å². The first-order valence-corrected chi connectivity index (χ1v) is 9.56. The molecule has 1 aliphatic rings. The molecule has 2 aromatic carbocycles. The molecular weight excluding hydrogens is 376 g/mol. The van der Waals surface area contributed by atoms with Gasteiger partial charge in [-0.1, -0.05) is 36.4 Å². The smallest absolute Gasteiger partial charge is 0.405 e. The van der Waals surface area contributed by atoms with Gasteiger partial charge in [-0.15, -0.1) is 0 Å². The molecule has 7 heteroatoms. The highest BCUT2D eigenvalue weighted by Gasteiger charge is 2.26. The van der Waals surface area contributed by atoms with Crippen LogP contribution in [0, 0.1) is 0 Å². The van der Waals surface area contributed by atoms with Crippen LogP contribution in [0.4, 0.5) is 5.69 Å². The molecule has 28 heavy (non-hydrogen) atoms. The summed E-state index contributed by atoms with van der Waals surface area (Å²) in [6, 6.07) is 15.6. The summed E-state index contributed by atoms with van der Waals surface area (Å²) in [7, 11) is 0. The number of carbonyl (C=O) groups excluding carboxylic acids is 2. The summed E-state index contributed by atoms with van der Waals surface area (Å²) in [5, 5.41) is 2.85. The van der Waals surface area contributed by atoms with Gasteiger partial charge in [-0.2, -0.15) is 4.28 Å². The van der Waals surface area contributed by atoms with E-state index >= 15 is 0 Å². The summed E-state index contributed by atoms with van der Waals surface area (Å²) >= 11 is 3.79. The molecule has 1 aliphatic heterocycles. The van der Waals surface area contributed by atoms with Crippen LogP contribution in [0.1, 0.15) is 37.3 Å². The van der Waals surface area contributed by atoms with E-state index in [-0.39, 0.29) is 11.8 Å². The second-order valence-electron chi connectivity index (χ2n) is 6.60. The van der Waals surface area contributed by atoms with Crippen molar-refractivity contribution >= 4 is 36.3 Å². The fourth-order valence-corrected chi connectivity index (χ4v) is 3.32. The minimum absolute atomic E-state index is 0.0132. The van der Waals surface area contributed by atoms with E-state index in [2.05, 4.69) is 30.4 Å². The number of anilines is 1. The van der Waals surface area contributed by atoms with Crippen LogP contribution < -0.4 is 10.1 Å². The van der Waals surface area contributed by atoms with Crippen LogP contribution in [0.3, 0.4) is 0 Å². The molecule has 0 aromatic heterocycles. The number of carbonyl (C=O) groups is 2. The lowest BCUT2D eigenvalue weighted by Crippen LogP contribution is -2.28. The van der Waals surface area contributed by atoms with Crippen molar-refractivity contribution in [2.24, 2.45) is 0 Å². The van der Waals surface area contributed by atoms with Gasteiger partial charge >= 0.3 is 11.8 Å². The van der Waals surface area contributed by atoms with Crippen LogP contribution >= 0.6 is 12.9 Å². The van der Waals surface area contributed by atoms with E-state index in [0.717, 1.165) is 28.8 Å². The molecule has 0 fully saturated rings. The van der Waals surface area contributed by atoms with Crippen LogP contribution in [-0.4, -0.2) is 22.5 Å². The van der Waals surface area contributed by atoms with E-state index < -0.39 is 0 Å². The van der Waals surface area contributed by atoms with Gasteiger partial charge in [-0.25, -0.2) is 4.79 Å². The normalized spacial score (nSPS) is 13.9. The molecule has 2 aromatic rings. The summed E-state index contributed by atoms with van der Waals surface area (Å²) in [5.41, 5.74) is 3.00. The van der Waals surface area contributed by atoms with Gasteiger partial charge in [0.15, 0.2) is 0 Å². The fraction of sp³-hybridized carbons (Fsp3) is 0.286. The van der Waals surface area contributed by atoms with Crippen LogP contribution in [-0.2, 0) is 26.7 Å². The summed E-state index contributed by atoms with van der Waals surface area (Å²) in [6.45, 7) is 1.38. The molecular formula is C21H23N2O4S+. The Labute approximate surface area is 169 Å². The Balaban J connectivity index is 1.77. The van der Waals surface area contributed by atoms with Crippen molar-refractivity contribution in [3.63, 3.8) is 0 Å². The van der Waals surface area contributed by atoms with Crippen molar-refractivity contribution in [3.05, 3.63) is 59.7 Å². The monoisotopic (exact) mass is 399 g/mol. The van der Waals surface area contributed by atoms with Crippen LogP contribution in [0.2, 0.25) is 0 Å². The van der Waals surface area contributed by atoms with E-state index in [0.29, 0.717) is 30.9 Å². The molecule has 0 aliphatic carbocycles. The number of benzene rings is 2. The Morgan fingerprint density at radius 3 is 2.68 bits per heavy atom. The molecule has 146 valence electrons. The minimum Gasteiger partial charge on any atom is -0.405 e. The number of ether oxygens (including phenoxy) is 1. The maximum Gasteiger partial charge on any atom is 0.436 e.